The lowest BCUT2D eigenvalue weighted by molar-refractivity contribution is -0.384. The van der Waals surface area contributed by atoms with Crippen LogP contribution in [-0.4, -0.2) is 16.7 Å². The van der Waals surface area contributed by atoms with Crippen molar-refractivity contribution in [3.05, 3.63) is 117 Å². The molecule has 3 aromatic carbocycles. The molecule has 0 unspecified atom stereocenters. The van der Waals surface area contributed by atoms with Crippen LogP contribution >= 0.6 is 15.9 Å². The molecule has 0 aliphatic carbocycles. The van der Waals surface area contributed by atoms with Gasteiger partial charge in [0.05, 0.1) is 16.2 Å². The number of benzene rings is 3. The number of anilines is 2. The summed E-state index contributed by atoms with van der Waals surface area (Å²) in [6.45, 7) is 0. The minimum Gasteiger partial charge on any atom is -0.456 e. The molecule has 2 amide bonds. The summed E-state index contributed by atoms with van der Waals surface area (Å²) >= 11 is 3.41. The van der Waals surface area contributed by atoms with E-state index in [1.165, 1.54) is 18.2 Å². The van der Waals surface area contributed by atoms with Gasteiger partial charge < -0.3 is 15.1 Å². The van der Waals surface area contributed by atoms with Gasteiger partial charge in [-0.15, -0.1) is 0 Å². The number of nitrogens with zero attached hydrogens (tertiary/aromatic N) is 1. The van der Waals surface area contributed by atoms with E-state index in [1.807, 2.05) is 6.07 Å². The van der Waals surface area contributed by atoms with Gasteiger partial charge in [0.15, 0.2) is 0 Å². The van der Waals surface area contributed by atoms with E-state index in [9.17, 15) is 19.7 Å². The molecule has 9 heteroatoms. The molecule has 0 aliphatic heterocycles. The number of furan rings is 1. The van der Waals surface area contributed by atoms with Crippen LogP contribution in [-0.2, 0) is 4.79 Å². The summed E-state index contributed by atoms with van der Waals surface area (Å²) in [4.78, 5) is 35.4. The monoisotopic (exact) mass is 531 g/mol. The minimum absolute atomic E-state index is 0.0656. The van der Waals surface area contributed by atoms with Crippen LogP contribution in [0.2, 0.25) is 0 Å². The maximum atomic E-state index is 12.4. The molecule has 2 N–H and O–H groups in total. The Balaban J connectivity index is 1.39. The maximum absolute atomic E-state index is 12.4. The Bertz CT molecular complexity index is 1430. The SMILES string of the molecule is O=C(/C=C/c1ccc(-c2ccccc2[N+](=O)[O-])o1)Nc1ccc(NC(=O)c2ccccc2)c(Br)c1. The van der Waals surface area contributed by atoms with Gasteiger partial charge in [-0.3, -0.25) is 19.7 Å². The highest BCUT2D eigenvalue weighted by Crippen LogP contribution is 2.31. The Kier molecular flexibility index (Phi) is 7.18. The number of rotatable bonds is 7. The molecule has 4 rings (SSSR count). The summed E-state index contributed by atoms with van der Waals surface area (Å²) in [5, 5.41) is 16.8. The number of amides is 2. The molecule has 174 valence electrons. The van der Waals surface area contributed by atoms with Gasteiger partial charge in [-0.1, -0.05) is 30.3 Å². The fourth-order valence-electron chi connectivity index (χ4n) is 3.25. The molecule has 1 aromatic heterocycles. The van der Waals surface area contributed by atoms with E-state index >= 15 is 0 Å². The molecule has 4 aromatic rings. The van der Waals surface area contributed by atoms with Crippen LogP contribution in [0.3, 0.4) is 0 Å². The van der Waals surface area contributed by atoms with E-state index in [0.29, 0.717) is 38.5 Å². The first-order chi connectivity index (χ1) is 16.9. The van der Waals surface area contributed by atoms with Crippen molar-refractivity contribution in [3.63, 3.8) is 0 Å². The third-order valence-electron chi connectivity index (χ3n) is 4.91. The van der Waals surface area contributed by atoms with Crippen LogP contribution < -0.4 is 10.6 Å². The highest BCUT2D eigenvalue weighted by atomic mass is 79.9. The van der Waals surface area contributed by atoms with Gasteiger partial charge in [0.2, 0.25) is 5.91 Å². The van der Waals surface area contributed by atoms with Crippen LogP contribution in [0.4, 0.5) is 17.1 Å². The molecule has 0 radical (unpaired) electrons. The summed E-state index contributed by atoms with van der Waals surface area (Å²) < 4.78 is 6.25. The molecule has 0 saturated carbocycles. The van der Waals surface area contributed by atoms with Crippen LogP contribution in [0.1, 0.15) is 16.1 Å². The fraction of sp³-hybridized carbons (Fsp3) is 0. The maximum Gasteiger partial charge on any atom is 0.280 e. The lowest BCUT2D eigenvalue weighted by Crippen LogP contribution is -2.12. The molecular formula is C26H18BrN3O5. The predicted octanol–water partition coefficient (Wildman–Crippen LogP) is 6.52. The van der Waals surface area contributed by atoms with E-state index in [1.54, 1.807) is 72.8 Å². The van der Waals surface area contributed by atoms with E-state index in [4.69, 9.17) is 4.42 Å². The number of hydrogen-bond donors (Lipinski definition) is 2. The second-order valence-corrected chi connectivity index (χ2v) is 8.17. The molecule has 35 heavy (non-hydrogen) atoms. The van der Waals surface area contributed by atoms with E-state index in [0.717, 1.165) is 0 Å². The van der Waals surface area contributed by atoms with Crippen molar-refractivity contribution >= 4 is 50.9 Å². The second-order valence-electron chi connectivity index (χ2n) is 7.31. The number of hydrogen-bond acceptors (Lipinski definition) is 5. The van der Waals surface area contributed by atoms with Crippen molar-refractivity contribution in [2.24, 2.45) is 0 Å². The first kappa shape index (κ1) is 23.7. The summed E-state index contributed by atoms with van der Waals surface area (Å²) in [6, 6.07) is 23.3. The molecule has 0 spiro atoms. The molecule has 0 bridgehead atoms. The zero-order valence-electron chi connectivity index (χ0n) is 18.1. The first-order valence-electron chi connectivity index (χ1n) is 10.4. The van der Waals surface area contributed by atoms with Gasteiger partial charge in [-0.05, 0) is 70.5 Å². The van der Waals surface area contributed by atoms with Crippen LogP contribution in [0, 0.1) is 10.1 Å². The number of nitrogens with one attached hydrogen (secondary N) is 2. The van der Waals surface area contributed by atoms with Crippen molar-refractivity contribution in [1.29, 1.82) is 0 Å². The van der Waals surface area contributed by atoms with E-state index < -0.39 is 10.8 Å². The quantitative estimate of drug-likeness (QED) is 0.160. The molecule has 0 atom stereocenters. The summed E-state index contributed by atoms with van der Waals surface area (Å²) in [6.07, 6.45) is 2.76. The molecule has 0 fully saturated rings. The smallest absolute Gasteiger partial charge is 0.280 e. The van der Waals surface area contributed by atoms with Gasteiger partial charge in [-0.25, -0.2) is 0 Å². The molecule has 0 saturated heterocycles. The van der Waals surface area contributed by atoms with Gasteiger partial charge in [0.1, 0.15) is 11.5 Å². The topological polar surface area (TPSA) is 114 Å². The van der Waals surface area contributed by atoms with Crippen molar-refractivity contribution in [3.8, 4) is 11.3 Å². The Morgan fingerprint density at radius 2 is 1.66 bits per heavy atom. The normalized spacial score (nSPS) is 10.8. The minimum atomic E-state index is -0.475. The Labute approximate surface area is 208 Å². The first-order valence-corrected chi connectivity index (χ1v) is 11.2. The molecule has 1 heterocycles. The van der Waals surface area contributed by atoms with E-state index in [-0.39, 0.29) is 11.6 Å². The lowest BCUT2D eigenvalue weighted by Gasteiger charge is -2.09. The zero-order chi connectivity index (χ0) is 24.8. The predicted molar refractivity (Wildman–Crippen MR) is 137 cm³/mol. The van der Waals surface area contributed by atoms with E-state index in [2.05, 4.69) is 26.6 Å². The largest absolute Gasteiger partial charge is 0.456 e. The number of halogens is 1. The third kappa shape index (κ3) is 5.90. The Morgan fingerprint density at radius 3 is 2.40 bits per heavy atom. The van der Waals surface area contributed by atoms with Crippen LogP contribution in [0.25, 0.3) is 17.4 Å². The fourth-order valence-corrected chi connectivity index (χ4v) is 3.73. The average molecular weight is 532 g/mol. The Morgan fingerprint density at radius 1 is 0.914 bits per heavy atom. The van der Waals surface area contributed by atoms with Crippen molar-refractivity contribution in [2.45, 2.75) is 0 Å². The highest BCUT2D eigenvalue weighted by molar-refractivity contribution is 9.10. The number of carbonyl (C=O) groups is 2. The molecular weight excluding hydrogens is 514 g/mol. The average Bonchev–Trinajstić information content (AvgIpc) is 3.34. The van der Waals surface area contributed by atoms with Crippen LogP contribution in [0.15, 0.2) is 99.9 Å². The van der Waals surface area contributed by atoms with Gasteiger partial charge >= 0.3 is 0 Å². The van der Waals surface area contributed by atoms with Crippen molar-refractivity contribution in [1.82, 2.24) is 0 Å². The summed E-state index contributed by atoms with van der Waals surface area (Å²) in [7, 11) is 0. The number of para-hydroxylation sites is 1. The summed E-state index contributed by atoms with van der Waals surface area (Å²) in [5.74, 6) is 0.0502. The molecule has 8 nitrogen and oxygen atoms in total. The Hall–Kier alpha value is -4.50. The van der Waals surface area contributed by atoms with Crippen LogP contribution in [0.5, 0.6) is 0 Å². The highest BCUT2D eigenvalue weighted by Gasteiger charge is 2.16. The number of nitro benzene ring substituents is 1. The van der Waals surface area contributed by atoms with Gasteiger partial charge in [0.25, 0.3) is 11.6 Å². The third-order valence-corrected chi connectivity index (χ3v) is 5.57. The van der Waals surface area contributed by atoms with Gasteiger partial charge in [0, 0.05) is 27.9 Å². The molecule has 0 aliphatic rings. The number of carbonyl (C=O) groups excluding carboxylic acids is 2. The summed E-state index contributed by atoms with van der Waals surface area (Å²) in [5.41, 5.74) is 1.90. The standard InChI is InChI=1S/C26H18BrN3O5/c27-21-16-18(10-13-22(21)29-26(32)17-6-2-1-3-7-17)28-25(31)15-12-19-11-14-24(35-19)20-8-4-5-9-23(20)30(33)34/h1-16H,(H,28,31)(H,29,32)/b15-12+. The number of nitro groups is 1. The second kappa shape index (κ2) is 10.6. The van der Waals surface area contributed by atoms with Gasteiger partial charge in [-0.2, -0.15) is 0 Å². The van der Waals surface area contributed by atoms with Crippen molar-refractivity contribution in [2.75, 3.05) is 10.6 Å². The lowest BCUT2D eigenvalue weighted by atomic mass is 10.1. The van der Waals surface area contributed by atoms with Crippen molar-refractivity contribution < 1.29 is 18.9 Å². The zero-order valence-corrected chi connectivity index (χ0v) is 19.7.